The first kappa shape index (κ1) is 15.6. The zero-order valence-corrected chi connectivity index (χ0v) is 10.8. The normalized spacial score (nSPS) is 10.3. The highest BCUT2D eigenvalue weighted by atomic mass is 35.5. The van der Waals surface area contributed by atoms with Gasteiger partial charge in [-0.1, -0.05) is 44.9 Å². The van der Waals surface area contributed by atoms with Crippen molar-refractivity contribution >= 4 is 23.1 Å². The van der Waals surface area contributed by atoms with E-state index in [1.165, 1.54) is 38.5 Å². The van der Waals surface area contributed by atoms with E-state index in [9.17, 15) is 9.59 Å². The van der Waals surface area contributed by atoms with Gasteiger partial charge in [0.1, 0.15) is 6.29 Å². The van der Waals surface area contributed by atoms with Crippen molar-refractivity contribution in [3.05, 3.63) is 0 Å². The van der Waals surface area contributed by atoms with Crippen molar-refractivity contribution in [3.63, 3.8) is 0 Å². The van der Waals surface area contributed by atoms with Crippen molar-refractivity contribution < 1.29 is 9.59 Å². The molecule has 0 aromatic heterocycles. The van der Waals surface area contributed by atoms with Crippen molar-refractivity contribution in [3.8, 4) is 0 Å². The number of carbonyl (C=O) groups is 2. The molecule has 2 nitrogen and oxygen atoms in total. The van der Waals surface area contributed by atoms with Gasteiger partial charge in [-0.2, -0.15) is 0 Å². The molecule has 0 rings (SSSR count). The molecule has 16 heavy (non-hydrogen) atoms. The SMILES string of the molecule is O=CCCCCCCCCCCCC(=O)Cl. The van der Waals surface area contributed by atoms with Gasteiger partial charge in [0.25, 0.3) is 0 Å². The Balaban J connectivity index is 2.93. The van der Waals surface area contributed by atoms with E-state index < -0.39 is 0 Å². The molecule has 0 saturated carbocycles. The fourth-order valence-electron chi connectivity index (χ4n) is 1.73. The molecule has 0 fully saturated rings. The van der Waals surface area contributed by atoms with Crippen LogP contribution in [0, 0.1) is 0 Å². The Labute approximate surface area is 104 Å². The predicted octanol–water partition coefficient (Wildman–Crippen LogP) is 4.24. The molecule has 0 aliphatic rings. The van der Waals surface area contributed by atoms with Crippen LogP contribution < -0.4 is 0 Å². The van der Waals surface area contributed by atoms with Gasteiger partial charge in [0.15, 0.2) is 0 Å². The maximum Gasteiger partial charge on any atom is 0.221 e. The minimum absolute atomic E-state index is 0.213. The van der Waals surface area contributed by atoms with E-state index in [1.54, 1.807) is 0 Å². The summed E-state index contributed by atoms with van der Waals surface area (Å²) in [6, 6.07) is 0. The fraction of sp³-hybridized carbons (Fsp3) is 0.846. The molecular weight excluding hydrogens is 224 g/mol. The van der Waals surface area contributed by atoms with Gasteiger partial charge >= 0.3 is 0 Å². The number of unbranched alkanes of at least 4 members (excludes halogenated alkanes) is 9. The topological polar surface area (TPSA) is 34.1 Å². The quantitative estimate of drug-likeness (QED) is 0.293. The summed E-state index contributed by atoms with van der Waals surface area (Å²) in [4.78, 5) is 20.5. The molecule has 0 heterocycles. The summed E-state index contributed by atoms with van der Waals surface area (Å²) in [5.74, 6) is 0. The van der Waals surface area contributed by atoms with Gasteiger partial charge < -0.3 is 4.79 Å². The van der Waals surface area contributed by atoms with Crippen LogP contribution in [0.15, 0.2) is 0 Å². The second-order valence-corrected chi connectivity index (χ2v) is 4.66. The number of aldehydes is 1. The van der Waals surface area contributed by atoms with Gasteiger partial charge in [-0.05, 0) is 24.4 Å². The van der Waals surface area contributed by atoms with Gasteiger partial charge in [0.05, 0.1) is 0 Å². The van der Waals surface area contributed by atoms with Crippen molar-refractivity contribution in [1.29, 1.82) is 0 Å². The van der Waals surface area contributed by atoms with Crippen LogP contribution in [0.3, 0.4) is 0 Å². The molecule has 0 saturated heterocycles. The molecule has 94 valence electrons. The number of carbonyl (C=O) groups excluding carboxylic acids is 2. The Morgan fingerprint density at radius 2 is 1.25 bits per heavy atom. The molecule has 0 radical (unpaired) electrons. The molecule has 0 unspecified atom stereocenters. The first-order chi connectivity index (χ1) is 7.77. The lowest BCUT2D eigenvalue weighted by Gasteiger charge is -2.00. The number of halogens is 1. The minimum Gasteiger partial charge on any atom is -0.303 e. The van der Waals surface area contributed by atoms with Gasteiger partial charge in [0.2, 0.25) is 5.24 Å². The molecule has 0 aliphatic carbocycles. The first-order valence-corrected chi connectivity index (χ1v) is 6.77. The molecule has 0 N–H and O–H groups in total. The summed E-state index contributed by atoms with van der Waals surface area (Å²) in [5, 5.41) is -0.213. The molecule has 0 amide bonds. The Morgan fingerprint density at radius 1 is 0.812 bits per heavy atom. The fourth-order valence-corrected chi connectivity index (χ4v) is 1.86. The Hall–Kier alpha value is -0.370. The van der Waals surface area contributed by atoms with Crippen LogP contribution in [0.25, 0.3) is 0 Å². The highest BCUT2D eigenvalue weighted by molar-refractivity contribution is 6.63. The van der Waals surface area contributed by atoms with E-state index >= 15 is 0 Å². The highest BCUT2D eigenvalue weighted by Crippen LogP contribution is 2.11. The molecule has 3 heteroatoms. The summed E-state index contributed by atoms with van der Waals surface area (Å²) >= 11 is 5.24. The molecule has 0 aliphatic heterocycles. The Bertz CT molecular complexity index is 181. The van der Waals surface area contributed by atoms with Gasteiger partial charge in [-0.3, -0.25) is 4.79 Å². The third kappa shape index (κ3) is 13.6. The van der Waals surface area contributed by atoms with Gasteiger partial charge in [-0.25, -0.2) is 0 Å². The van der Waals surface area contributed by atoms with E-state index in [0.717, 1.165) is 25.5 Å². The minimum atomic E-state index is -0.213. The van der Waals surface area contributed by atoms with Gasteiger partial charge in [-0.15, -0.1) is 0 Å². The number of hydrogen-bond donors (Lipinski definition) is 0. The summed E-state index contributed by atoms with van der Waals surface area (Å²) < 4.78 is 0. The lowest BCUT2D eigenvalue weighted by molar-refractivity contribution is -0.111. The van der Waals surface area contributed by atoms with Crippen molar-refractivity contribution in [2.24, 2.45) is 0 Å². The third-order valence-corrected chi connectivity index (χ3v) is 2.88. The van der Waals surface area contributed by atoms with Crippen molar-refractivity contribution in [1.82, 2.24) is 0 Å². The van der Waals surface area contributed by atoms with Crippen LogP contribution in [0.2, 0.25) is 0 Å². The van der Waals surface area contributed by atoms with Crippen LogP contribution in [-0.2, 0) is 9.59 Å². The van der Waals surface area contributed by atoms with Gasteiger partial charge in [0, 0.05) is 12.8 Å². The van der Waals surface area contributed by atoms with E-state index in [-0.39, 0.29) is 5.24 Å². The summed E-state index contributed by atoms with van der Waals surface area (Å²) in [6.45, 7) is 0. The van der Waals surface area contributed by atoms with E-state index in [0.29, 0.717) is 12.8 Å². The van der Waals surface area contributed by atoms with Crippen LogP contribution in [0.1, 0.15) is 70.6 Å². The number of rotatable bonds is 12. The Morgan fingerprint density at radius 3 is 1.69 bits per heavy atom. The molecule has 0 aromatic carbocycles. The zero-order chi connectivity index (χ0) is 12.1. The molecule has 0 aromatic rings. The van der Waals surface area contributed by atoms with Crippen LogP contribution in [0.4, 0.5) is 0 Å². The third-order valence-electron chi connectivity index (χ3n) is 2.70. The predicted molar refractivity (Wildman–Crippen MR) is 67.7 cm³/mol. The molecular formula is C13H23ClO2. The highest BCUT2D eigenvalue weighted by Gasteiger charge is 1.96. The first-order valence-electron chi connectivity index (χ1n) is 6.39. The lowest BCUT2D eigenvalue weighted by atomic mass is 10.1. The summed E-state index contributed by atoms with van der Waals surface area (Å²) in [7, 11) is 0. The lowest BCUT2D eigenvalue weighted by Crippen LogP contribution is -1.86. The van der Waals surface area contributed by atoms with Crippen molar-refractivity contribution in [2.75, 3.05) is 0 Å². The maximum atomic E-state index is 10.4. The number of hydrogen-bond acceptors (Lipinski definition) is 2. The van der Waals surface area contributed by atoms with E-state index in [1.807, 2.05) is 0 Å². The monoisotopic (exact) mass is 246 g/mol. The van der Waals surface area contributed by atoms with E-state index in [2.05, 4.69) is 0 Å². The van der Waals surface area contributed by atoms with Crippen LogP contribution in [-0.4, -0.2) is 11.5 Å². The zero-order valence-electron chi connectivity index (χ0n) is 10.0. The maximum absolute atomic E-state index is 10.4. The second-order valence-electron chi connectivity index (χ2n) is 4.24. The molecule has 0 atom stereocenters. The van der Waals surface area contributed by atoms with Crippen LogP contribution in [0.5, 0.6) is 0 Å². The van der Waals surface area contributed by atoms with Crippen LogP contribution >= 0.6 is 11.6 Å². The average molecular weight is 247 g/mol. The summed E-state index contributed by atoms with van der Waals surface area (Å²) in [5.41, 5.74) is 0. The average Bonchev–Trinajstić information content (AvgIpc) is 2.25. The largest absolute Gasteiger partial charge is 0.303 e. The van der Waals surface area contributed by atoms with E-state index in [4.69, 9.17) is 11.6 Å². The summed E-state index contributed by atoms with van der Waals surface area (Å²) in [6.07, 6.45) is 12.8. The Kier molecular flexibility index (Phi) is 12.4. The second kappa shape index (κ2) is 12.7. The molecule has 0 bridgehead atoms. The molecule has 0 spiro atoms. The van der Waals surface area contributed by atoms with Crippen molar-refractivity contribution in [2.45, 2.75) is 70.6 Å². The standard InChI is InChI=1S/C13H23ClO2/c14-13(16)11-9-7-5-3-1-2-4-6-8-10-12-15/h12H,1-11H2. The smallest absolute Gasteiger partial charge is 0.221 e.